The molecule has 0 aliphatic rings. The van der Waals surface area contributed by atoms with Crippen LogP contribution in [-0.4, -0.2) is 8.42 Å². The summed E-state index contributed by atoms with van der Waals surface area (Å²) < 4.78 is 28.2. The lowest BCUT2D eigenvalue weighted by atomic mass is 10.0. The zero-order valence-corrected chi connectivity index (χ0v) is 14.6. The van der Waals surface area contributed by atoms with Crippen LogP contribution in [0, 0.1) is 39.0 Å². The molecule has 0 saturated carbocycles. The SMILES string of the molecule is Cc1cc(C)c(C)c(S(=O)(=O)Nc2ccc(CC#N)cc2)c1C. The van der Waals surface area contributed by atoms with Gasteiger partial charge in [-0.1, -0.05) is 18.2 Å². The summed E-state index contributed by atoms with van der Waals surface area (Å²) in [5, 5.41) is 8.68. The number of benzene rings is 2. The number of sulfonamides is 1. The molecule has 4 nitrogen and oxygen atoms in total. The highest BCUT2D eigenvalue weighted by atomic mass is 32.2. The summed E-state index contributed by atoms with van der Waals surface area (Å²) in [6.45, 7) is 7.48. The van der Waals surface area contributed by atoms with Gasteiger partial charge in [0.1, 0.15) is 0 Å². The first kappa shape index (κ1) is 17.0. The van der Waals surface area contributed by atoms with Crippen LogP contribution in [0.1, 0.15) is 27.8 Å². The van der Waals surface area contributed by atoms with E-state index in [9.17, 15) is 8.42 Å². The molecule has 2 rings (SSSR count). The zero-order chi connectivity index (χ0) is 17.2. The third-order valence-electron chi connectivity index (χ3n) is 4.06. The van der Waals surface area contributed by atoms with Gasteiger partial charge >= 0.3 is 0 Å². The Morgan fingerprint density at radius 1 is 1.00 bits per heavy atom. The maximum atomic E-state index is 12.8. The van der Waals surface area contributed by atoms with Crippen LogP contribution >= 0.6 is 0 Å². The van der Waals surface area contributed by atoms with Crippen LogP contribution in [-0.2, 0) is 16.4 Å². The fourth-order valence-corrected chi connectivity index (χ4v) is 4.25. The predicted molar refractivity (Wildman–Crippen MR) is 92.0 cm³/mol. The molecule has 1 N–H and O–H groups in total. The van der Waals surface area contributed by atoms with Crippen LogP contribution < -0.4 is 4.72 Å². The predicted octanol–water partition coefficient (Wildman–Crippen LogP) is 3.79. The van der Waals surface area contributed by atoms with Gasteiger partial charge < -0.3 is 0 Å². The normalized spacial score (nSPS) is 11.1. The Kier molecular flexibility index (Phi) is 4.76. The topological polar surface area (TPSA) is 70.0 Å². The van der Waals surface area contributed by atoms with Gasteiger partial charge in [0.15, 0.2) is 0 Å². The van der Waals surface area contributed by atoms with E-state index in [4.69, 9.17) is 5.26 Å². The number of rotatable bonds is 4. The quantitative estimate of drug-likeness (QED) is 0.928. The molecule has 0 heterocycles. The molecule has 0 atom stereocenters. The van der Waals surface area contributed by atoms with Crippen LogP contribution in [0.5, 0.6) is 0 Å². The van der Waals surface area contributed by atoms with Crippen molar-refractivity contribution in [2.24, 2.45) is 0 Å². The van der Waals surface area contributed by atoms with Crippen LogP contribution in [0.2, 0.25) is 0 Å². The number of anilines is 1. The van der Waals surface area contributed by atoms with Gasteiger partial charge in [0.2, 0.25) is 0 Å². The van der Waals surface area contributed by atoms with Crippen molar-refractivity contribution in [3.8, 4) is 6.07 Å². The Hall–Kier alpha value is -2.32. The molecule has 5 heteroatoms. The van der Waals surface area contributed by atoms with E-state index in [0.29, 0.717) is 17.0 Å². The molecule has 23 heavy (non-hydrogen) atoms. The summed E-state index contributed by atoms with van der Waals surface area (Å²) in [6.07, 6.45) is 0.308. The van der Waals surface area contributed by atoms with Gasteiger partial charge in [0.25, 0.3) is 10.0 Å². The van der Waals surface area contributed by atoms with Crippen molar-refractivity contribution in [3.05, 3.63) is 58.1 Å². The first-order valence-electron chi connectivity index (χ1n) is 7.32. The van der Waals surface area contributed by atoms with Gasteiger partial charge in [-0.15, -0.1) is 0 Å². The zero-order valence-electron chi connectivity index (χ0n) is 13.8. The summed E-state index contributed by atoms with van der Waals surface area (Å²) in [4.78, 5) is 0.344. The fraction of sp³-hybridized carbons (Fsp3) is 0.278. The third kappa shape index (κ3) is 3.54. The van der Waals surface area contributed by atoms with Crippen molar-refractivity contribution in [2.45, 2.75) is 39.0 Å². The van der Waals surface area contributed by atoms with Crippen LogP contribution in [0.4, 0.5) is 5.69 Å². The molecule has 2 aromatic carbocycles. The van der Waals surface area contributed by atoms with E-state index in [2.05, 4.69) is 10.8 Å². The van der Waals surface area contributed by atoms with Crippen molar-refractivity contribution in [3.63, 3.8) is 0 Å². The Balaban J connectivity index is 2.42. The van der Waals surface area contributed by atoms with Gasteiger partial charge in [-0.05, 0) is 67.6 Å². The second-order valence-corrected chi connectivity index (χ2v) is 7.35. The summed E-state index contributed by atoms with van der Waals surface area (Å²) in [5.41, 5.74) is 4.79. The fourth-order valence-electron chi connectivity index (χ4n) is 2.57. The minimum Gasteiger partial charge on any atom is -0.280 e. The van der Waals surface area contributed by atoms with Gasteiger partial charge in [0, 0.05) is 5.69 Å². The molecule has 2 aromatic rings. The Bertz CT molecular complexity index is 850. The van der Waals surface area contributed by atoms with E-state index in [-0.39, 0.29) is 0 Å². The van der Waals surface area contributed by atoms with Gasteiger partial charge in [-0.2, -0.15) is 5.26 Å². The average molecular weight is 328 g/mol. The number of hydrogen-bond donors (Lipinski definition) is 1. The highest BCUT2D eigenvalue weighted by Crippen LogP contribution is 2.27. The van der Waals surface area contributed by atoms with Crippen LogP contribution in [0.3, 0.4) is 0 Å². The van der Waals surface area contributed by atoms with Crippen molar-refractivity contribution >= 4 is 15.7 Å². The lowest BCUT2D eigenvalue weighted by molar-refractivity contribution is 0.599. The lowest BCUT2D eigenvalue weighted by Gasteiger charge is -2.16. The van der Waals surface area contributed by atoms with Gasteiger partial charge in [-0.25, -0.2) is 8.42 Å². The average Bonchev–Trinajstić information content (AvgIpc) is 2.47. The molecule has 0 radical (unpaired) electrons. The maximum Gasteiger partial charge on any atom is 0.262 e. The molecule has 0 aromatic heterocycles. The van der Waals surface area contributed by atoms with Crippen LogP contribution in [0.15, 0.2) is 35.2 Å². The van der Waals surface area contributed by atoms with E-state index >= 15 is 0 Å². The summed E-state index contributed by atoms with van der Waals surface area (Å²) in [6, 6.07) is 10.9. The first-order chi connectivity index (χ1) is 10.8. The molecular weight excluding hydrogens is 308 g/mol. The van der Waals surface area contributed by atoms with Gasteiger partial charge in [-0.3, -0.25) is 4.72 Å². The number of nitriles is 1. The number of nitrogens with zero attached hydrogens (tertiary/aromatic N) is 1. The maximum absolute atomic E-state index is 12.8. The smallest absolute Gasteiger partial charge is 0.262 e. The molecule has 0 bridgehead atoms. The van der Waals surface area contributed by atoms with E-state index in [1.54, 1.807) is 24.3 Å². The van der Waals surface area contributed by atoms with E-state index in [0.717, 1.165) is 27.8 Å². The number of aryl methyl sites for hydroxylation is 2. The highest BCUT2D eigenvalue weighted by Gasteiger charge is 2.22. The second-order valence-electron chi connectivity index (χ2n) is 5.73. The third-order valence-corrected chi connectivity index (χ3v) is 5.71. The van der Waals surface area contributed by atoms with E-state index in [1.165, 1.54) is 0 Å². The Morgan fingerprint density at radius 2 is 1.52 bits per heavy atom. The van der Waals surface area contributed by atoms with Crippen molar-refractivity contribution in [1.82, 2.24) is 0 Å². The van der Waals surface area contributed by atoms with Crippen molar-refractivity contribution in [2.75, 3.05) is 4.72 Å². The van der Waals surface area contributed by atoms with Crippen LogP contribution in [0.25, 0.3) is 0 Å². The molecule has 0 spiro atoms. The molecule has 0 aliphatic carbocycles. The Labute approximate surface area is 137 Å². The van der Waals surface area contributed by atoms with Crippen molar-refractivity contribution < 1.29 is 8.42 Å². The summed E-state index contributed by atoms with van der Waals surface area (Å²) in [7, 11) is -3.66. The minimum absolute atomic E-state index is 0.308. The molecule has 0 amide bonds. The molecule has 0 saturated heterocycles. The van der Waals surface area contributed by atoms with E-state index in [1.807, 2.05) is 33.8 Å². The minimum atomic E-state index is -3.66. The molecular formula is C18H20N2O2S. The molecule has 120 valence electrons. The largest absolute Gasteiger partial charge is 0.280 e. The Morgan fingerprint density at radius 3 is 2.00 bits per heavy atom. The number of hydrogen-bond acceptors (Lipinski definition) is 3. The molecule has 0 fully saturated rings. The first-order valence-corrected chi connectivity index (χ1v) is 8.80. The summed E-state index contributed by atoms with van der Waals surface area (Å²) in [5.74, 6) is 0. The molecule has 0 aliphatic heterocycles. The van der Waals surface area contributed by atoms with Crippen molar-refractivity contribution in [1.29, 1.82) is 5.26 Å². The highest BCUT2D eigenvalue weighted by molar-refractivity contribution is 7.92. The van der Waals surface area contributed by atoms with E-state index < -0.39 is 10.0 Å². The monoisotopic (exact) mass is 328 g/mol. The lowest BCUT2D eigenvalue weighted by Crippen LogP contribution is -2.17. The number of nitrogens with one attached hydrogen (secondary N) is 1. The van der Waals surface area contributed by atoms with Gasteiger partial charge in [0.05, 0.1) is 17.4 Å². The summed E-state index contributed by atoms with van der Waals surface area (Å²) >= 11 is 0. The standard InChI is InChI=1S/C18H20N2O2S/c1-12-11-13(2)15(4)18(14(12)3)23(21,22)20-17-7-5-16(6-8-17)9-10-19/h5-8,11,20H,9H2,1-4H3. The second kappa shape index (κ2) is 6.43. The molecule has 0 unspecified atom stereocenters.